The molecule has 0 atom stereocenters. The summed E-state index contributed by atoms with van der Waals surface area (Å²) in [4.78, 5) is 10.7. The van der Waals surface area contributed by atoms with Crippen molar-refractivity contribution < 1.29 is 19.4 Å². The number of ether oxygens (including phenoxy) is 2. The highest BCUT2D eigenvalue weighted by Crippen LogP contribution is 2.20. The van der Waals surface area contributed by atoms with Crippen LogP contribution in [0.3, 0.4) is 0 Å². The van der Waals surface area contributed by atoms with Crippen molar-refractivity contribution in [3.8, 4) is 5.75 Å². The van der Waals surface area contributed by atoms with E-state index < -0.39 is 5.97 Å². The highest BCUT2D eigenvalue weighted by Gasteiger charge is 2.08. The van der Waals surface area contributed by atoms with E-state index in [4.69, 9.17) is 20.3 Å². The normalized spacial score (nSPS) is 10.2. The van der Waals surface area contributed by atoms with Crippen molar-refractivity contribution in [2.75, 3.05) is 26.1 Å². The fraction of sp³-hybridized carbons (Fsp3) is 0.417. The van der Waals surface area contributed by atoms with E-state index >= 15 is 0 Å². The molecule has 3 N–H and O–H groups in total. The minimum absolute atomic E-state index is 0.0942. The van der Waals surface area contributed by atoms with Gasteiger partial charge in [-0.1, -0.05) is 0 Å². The zero-order chi connectivity index (χ0) is 12.7. The lowest BCUT2D eigenvalue weighted by molar-refractivity contribution is 0.0698. The molecule has 0 amide bonds. The molecule has 5 heteroatoms. The lowest BCUT2D eigenvalue weighted by Gasteiger charge is -2.08. The average Bonchev–Trinajstić information content (AvgIpc) is 2.28. The first-order chi connectivity index (χ1) is 8.15. The largest absolute Gasteiger partial charge is 0.494 e. The summed E-state index contributed by atoms with van der Waals surface area (Å²) in [5.41, 5.74) is 5.90. The van der Waals surface area contributed by atoms with Crippen molar-refractivity contribution in [2.45, 2.75) is 12.8 Å². The Hall–Kier alpha value is -1.75. The number of benzene rings is 1. The van der Waals surface area contributed by atoms with Crippen LogP contribution < -0.4 is 10.5 Å². The number of methoxy groups -OCH3 is 1. The number of anilines is 1. The first-order valence-corrected chi connectivity index (χ1v) is 5.39. The van der Waals surface area contributed by atoms with Gasteiger partial charge in [0, 0.05) is 25.5 Å². The third-order valence-electron chi connectivity index (χ3n) is 2.26. The Morgan fingerprint density at radius 1 is 1.35 bits per heavy atom. The van der Waals surface area contributed by atoms with E-state index in [-0.39, 0.29) is 11.3 Å². The number of hydrogen-bond acceptors (Lipinski definition) is 4. The van der Waals surface area contributed by atoms with E-state index in [9.17, 15) is 4.79 Å². The SMILES string of the molecule is COCCCCOc1ccc(C(=O)O)c(N)c1. The molecule has 1 aromatic rings. The zero-order valence-corrected chi connectivity index (χ0v) is 9.81. The maximum Gasteiger partial charge on any atom is 0.337 e. The summed E-state index contributed by atoms with van der Waals surface area (Å²) >= 11 is 0. The second kappa shape index (κ2) is 6.75. The van der Waals surface area contributed by atoms with Crippen LogP contribution in [0.1, 0.15) is 23.2 Å². The third-order valence-corrected chi connectivity index (χ3v) is 2.26. The minimum Gasteiger partial charge on any atom is -0.494 e. The Kier molecular flexibility index (Phi) is 5.29. The standard InChI is InChI=1S/C12H17NO4/c1-16-6-2-3-7-17-9-4-5-10(12(14)15)11(13)8-9/h4-5,8H,2-3,6-7,13H2,1H3,(H,14,15). The topological polar surface area (TPSA) is 81.8 Å². The second-order valence-corrected chi connectivity index (χ2v) is 3.60. The lowest BCUT2D eigenvalue weighted by Crippen LogP contribution is -2.04. The highest BCUT2D eigenvalue weighted by atomic mass is 16.5. The number of carboxylic acids is 1. The third kappa shape index (κ3) is 4.32. The van der Waals surface area contributed by atoms with E-state index in [0.29, 0.717) is 19.0 Å². The van der Waals surface area contributed by atoms with Gasteiger partial charge in [-0.05, 0) is 25.0 Å². The summed E-state index contributed by atoms with van der Waals surface area (Å²) in [6, 6.07) is 4.58. The van der Waals surface area contributed by atoms with Crippen LogP contribution >= 0.6 is 0 Å². The molecule has 0 unspecified atom stereocenters. The number of rotatable bonds is 7. The van der Waals surface area contributed by atoms with Gasteiger partial charge in [-0.25, -0.2) is 4.79 Å². The van der Waals surface area contributed by atoms with Gasteiger partial charge in [0.15, 0.2) is 0 Å². The average molecular weight is 239 g/mol. The molecule has 0 aliphatic heterocycles. The summed E-state index contributed by atoms with van der Waals surface area (Å²) < 4.78 is 10.4. The molecule has 5 nitrogen and oxygen atoms in total. The molecule has 1 aromatic carbocycles. The number of nitrogens with two attached hydrogens (primary N) is 1. The molecule has 0 aliphatic rings. The Bertz CT molecular complexity index is 379. The number of hydrogen-bond donors (Lipinski definition) is 2. The van der Waals surface area contributed by atoms with Crippen LogP contribution in [0.4, 0.5) is 5.69 Å². The van der Waals surface area contributed by atoms with Crippen LogP contribution in [0.25, 0.3) is 0 Å². The Morgan fingerprint density at radius 2 is 2.06 bits per heavy atom. The van der Waals surface area contributed by atoms with Crippen molar-refractivity contribution >= 4 is 11.7 Å². The van der Waals surface area contributed by atoms with E-state index in [1.807, 2.05) is 0 Å². The van der Waals surface area contributed by atoms with E-state index in [0.717, 1.165) is 12.8 Å². The van der Waals surface area contributed by atoms with E-state index in [1.165, 1.54) is 12.1 Å². The summed E-state index contributed by atoms with van der Waals surface area (Å²) in [5.74, 6) is -0.445. The molecular weight excluding hydrogens is 222 g/mol. The van der Waals surface area contributed by atoms with Crippen LogP contribution in [0, 0.1) is 0 Å². The lowest BCUT2D eigenvalue weighted by atomic mass is 10.2. The molecule has 0 saturated heterocycles. The van der Waals surface area contributed by atoms with Crippen molar-refractivity contribution in [1.29, 1.82) is 0 Å². The van der Waals surface area contributed by atoms with Gasteiger partial charge in [0.2, 0.25) is 0 Å². The number of carbonyl (C=O) groups is 1. The van der Waals surface area contributed by atoms with Gasteiger partial charge < -0.3 is 20.3 Å². The predicted molar refractivity (Wildman–Crippen MR) is 64.4 cm³/mol. The van der Waals surface area contributed by atoms with Crippen LogP contribution in [0.2, 0.25) is 0 Å². The first kappa shape index (κ1) is 13.3. The van der Waals surface area contributed by atoms with E-state index in [1.54, 1.807) is 13.2 Å². The fourth-order valence-electron chi connectivity index (χ4n) is 1.36. The number of carboxylic acid groups (broad SMARTS) is 1. The summed E-state index contributed by atoms with van der Waals surface area (Å²) in [6.07, 6.45) is 1.81. The second-order valence-electron chi connectivity index (χ2n) is 3.60. The van der Waals surface area contributed by atoms with Gasteiger partial charge in [0.05, 0.1) is 12.2 Å². The van der Waals surface area contributed by atoms with Crippen LogP contribution in [-0.4, -0.2) is 31.4 Å². The summed E-state index contributed by atoms with van der Waals surface area (Å²) in [7, 11) is 1.66. The maximum absolute atomic E-state index is 10.7. The molecule has 0 saturated carbocycles. The first-order valence-electron chi connectivity index (χ1n) is 5.39. The molecule has 17 heavy (non-hydrogen) atoms. The van der Waals surface area contributed by atoms with Crippen LogP contribution in [0.5, 0.6) is 5.75 Å². The monoisotopic (exact) mass is 239 g/mol. The van der Waals surface area contributed by atoms with Crippen molar-refractivity contribution in [1.82, 2.24) is 0 Å². The quantitative estimate of drug-likeness (QED) is 0.559. The molecule has 94 valence electrons. The van der Waals surface area contributed by atoms with Gasteiger partial charge >= 0.3 is 5.97 Å². The predicted octanol–water partition coefficient (Wildman–Crippen LogP) is 1.77. The Morgan fingerprint density at radius 3 is 2.65 bits per heavy atom. The van der Waals surface area contributed by atoms with Crippen molar-refractivity contribution in [3.05, 3.63) is 23.8 Å². The molecule has 0 bridgehead atoms. The molecule has 0 fully saturated rings. The molecular formula is C12H17NO4. The molecule has 0 spiro atoms. The summed E-state index contributed by atoms with van der Waals surface area (Å²) in [5, 5.41) is 8.80. The van der Waals surface area contributed by atoms with Crippen LogP contribution in [-0.2, 0) is 4.74 Å². The molecule has 0 aliphatic carbocycles. The Balaban J connectivity index is 2.45. The zero-order valence-electron chi connectivity index (χ0n) is 9.81. The molecule has 0 heterocycles. The fourth-order valence-corrected chi connectivity index (χ4v) is 1.36. The minimum atomic E-state index is -1.03. The molecule has 0 radical (unpaired) electrons. The van der Waals surface area contributed by atoms with Crippen LogP contribution in [0.15, 0.2) is 18.2 Å². The molecule has 1 rings (SSSR count). The highest BCUT2D eigenvalue weighted by molar-refractivity contribution is 5.93. The number of nitrogen functional groups attached to an aromatic ring is 1. The Labute approximate surface area is 100 Å². The number of aromatic carboxylic acids is 1. The van der Waals surface area contributed by atoms with Gasteiger partial charge in [-0.3, -0.25) is 0 Å². The van der Waals surface area contributed by atoms with Gasteiger partial charge in [-0.2, -0.15) is 0 Å². The van der Waals surface area contributed by atoms with Gasteiger partial charge in [-0.15, -0.1) is 0 Å². The summed E-state index contributed by atoms with van der Waals surface area (Å²) in [6.45, 7) is 1.28. The smallest absolute Gasteiger partial charge is 0.337 e. The van der Waals surface area contributed by atoms with Crippen molar-refractivity contribution in [3.63, 3.8) is 0 Å². The maximum atomic E-state index is 10.7. The number of unbranched alkanes of at least 4 members (excludes halogenated alkanes) is 1. The van der Waals surface area contributed by atoms with Gasteiger partial charge in [0.1, 0.15) is 5.75 Å². The molecule has 0 aromatic heterocycles. The van der Waals surface area contributed by atoms with E-state index in [2.05, 4.69) is 0 Å². The van der Waals surface area contributed by atoms with Gasteiger partial charge in [0.25, 0.3) is 0 Å². The van der Waals surface area contributed by atoms with Crippen molar-refractivity contribution in [2.24, 2.45) is 0 Å².